The van der Waals surface area contributed by atoms with Gasteiger partial charge in [0.1, 0.15) is 0 Å². The predicted octanol–water partition coefficient (Wildman–Crippen LogP) is 6.71. The van der Waals surface area contributed by atoms with E-state index in [2.05, 4.69) is 61.5 Å². The van der Waals surface area contributed by atoms with Crippen molar-refractivity contribution in [3.05, 3.63) is 67.1 Å². The molecule has 0 fully saturated rings. The Balaban J connectivity index is 1.76. The summed E-state index contributed by atoms with van der Waals surface area (Å²) in [7, 11) is 0. The summed E-state index contributed by atoms with van der Waals surface area (Å²) >= 11 is 0. The normalized spacial score (nSPS) is 11.3. The minimum Gasteiger partial charge on any atom is -0.0616 e. The Morgan fingerprint density at radius 1 is 0.636 bits per heavy atom. The lowest BCUT2D eigenvalue weighted by Gasteiger charge is -2.08. The second-order valence-electron chi connectivity index (χ2n) is 6.21. The molecule has 3 aromatic carbocycles. The van der Waals surface area contributed by atoms with Gasteiger partial charge in [0.25, 0.3) is 0 Å². The number of hydrogen-bond donors (Lipinski definition) is 0. The van der Waals surface area contributed by atoms with Gasteiger partial charge in [0.2, 0.25) is 0 Å². The van der Waals surface area contributed by atoms with Gasteiger partial charge in [-0.25, -0.2) is 0 Å². The maximum atomic E-state index is 3.91. The van der Waals surface area contributed by atoms with Crippen LogP contribution >= 0.6 is 0 Å². The molecule has 0 atom stereocenters. The Labute approximate surface area is 134 Å². The summed E-state index contributed by atoms with van der Waals surface area (Å²) in [5.41, 5.74) is 1.50. The first-order valence-electron chi connectivity index (χ1n) is 8.58. The van der Waals surface area contributed by atoms with Gasteiger partial charge < -0.3 is 0 Å². The van der Waals surface area contributed by atoms with Gasteiger partial charge in [0.05, 0.1) is 0 Å². The molecule has 22 heavy (non-hydrogen) atoms. The Hall–Kier alpha value is -1.82. The average Bonchev–Trinajstić information content (AvgIpc) is 2.56. The van der Waals surface area contributed by atoms with Crippen LogP contribution in [0.15, 0.2) is 54.6 Å². The van der Waals surface area contributed by atoms with E-state index in [-0.39, 0.29) is 0 Å². The molecule has 0 aliphatic rings. The monoisotopic (exact) mass is 289 g/mol. The minimum atomic E-state index is 1.08. The highest BCUT2D eigenvalue weighted by atomic mass is 14.1. The standard InChI is InChI=1S/C22H25/c1-2-3-4-5-6-7-11-18-14-10-15-21-16-19-12-8-9-13-20(19)17-22(18)21/h8-10,12-17H,1-7,11H2. The van der Waals surface area contributed by atoms with E-state index in [4.69, 9.17) is 0 Å². The van der Waals surface area contributed by atoms with Crippen LogP contribution in [0.25, 0.3) is 21.5 Å². The fourth-order valence-electron chi connectivity index (χ4n) is 3.27. The lowest BCUT2D eigenvalue weighted by atomic mass is 9.96. The zero-order valence-corrected chi connectivity index (χ0v) is 13.4. The van der Waals surface area contributed by atoms with Crippen molar-refractivity contribution in [2.24, 2.45) is 0 Å². The van der Waals surface area contributed by atoms with E-state index in [0.717, 1.165) is 6.42 Å². The molecule has 0 N–H and O–H groups in total. The number of benzene rings is 3. The van der Waals surface area contributed by atoms with Crippen molar-refractivity contribution in [3.63, 3.8) is 0 Å². The van der Waals surface area contributed by atoms with Gasteiger partial charge in [0, 0.05) is 0 Å². The molecule has 0 bridgehead atoms. The second kappa shape index (κ2) is 7.45. The maximum absolute atomic E-state index is 3.91. The van der Waals surface area contributed by atoms with E-state index in [1.807, 2.05) is 0 Å². The van der Waals surface area contributed by atoms with E-state index in [1.54, 1.807) is 0 Å². The highest BCUT2D eigenvalue weighted by molar-refractivity contribution is 5.99. The lowest BCUT2D eigenvalue weighted by Crippen LogP contribution is -1.89. The molecule has 1 radical (unpaired) electrons. The zero-order chi connectivity index (χ0) is 15.2. The van der Waals surface area contributed by atoms with Crippen LogP contribution in [0.2, 0.25) is 0 Å². The minimum absolute atomic E-state index is 1.08. The van der Waals surface area contributed by atoms with Crippen LogP contribution in [0.3, 0.4) is 0 Å². The summed E-state index contributed by atoms with van der Waals surface area (Å²) in [6.07, 6.45) is 8.87. The second-order valence-corrected chi connectivity index (χ2v) is 6.21. The van der Waals surface area contributed by atoms with E-state index < -0.39 is 0 Å². The quantitative estimate of drug-likeness (QED) is 0.335. The molecule has 0 aromatic heterocycles. The van der Waals surface area contributed by atoms with Crippen LogP contribution in [0.5, 0.6) is 0 Å². The van der Waals surface area contributed by atoms with Gasteiger partial charge in [-0.3, -0.25) is 0 Å². The third kappa shape index (κ3) is 3.50. The van der Waals surface area contributed by atoms with Gasteiger partial charge >= 0.3 is 0 Å². The Kier molecular flexibility index (Phi) is 5.11. The zero-order valence-electron chi connectivity index (χ0n) is 13.4. The van der Waals surface area contributed by atoms with Crippen molar-refractivity contribution in [2.75, 3.05) is 0 Å². The molecule has 0 heteroatoms. The molecule has 0 nitrogen and oxygen atoms in total. The van der Waals surface area contributed by atoms with E-state index in [9.17, 15) is 0 Å². The summed E-state index contributed by atoms with van der Waals surface area (Å²) in [6, 6.07) is 20.1. The fraction of sp³-hybridized carbons (Fsp3) is 0.318. The Bertz CT molecular complexity index is 739. The third-order valence-corrected chi connectivity index (χ3v) is 4.53. The van der Waals surface area contributed by atoms with Crippen molar-refractivity contribution in [1.82, 2.24) is 0 Å². The van der Waals surface area contributed by atoms with E-state index in [1.165, 1.54) is 65.6 Å². The highest BCUT2D eigenvalue weighted by Gasteiger charge is 2.03. The number of rotatable bonds is 7. The van der Waals surface area contributed by atoms with Crippen LogP contribution in [-0.2, 0) is 6.42 Å². The molecule has 0 saturated heterocycles. The van der Waals surface area contributed by atoms with Crippen molar-refractivity contribution in [2.45, 2.75) is 44.9 Å². The Morgan fingerprint density at radius 3 is 2.14 bits per heavy atom. The average molecular weight is 289 g/mol. The smallest absolute Gasteiger partial charge is 0.0146 e. The molecule has 0 aliphatic heterocycles. The van der Waals surface area contributed by atoms with Crippen LogP contribution in [0.1, 0.15) is 44.1 Å². The lowest BCUT2D eigenvalue weighted by molar-refractivity contribution is 0.618. The molecule has 0 unspecified atom stereocenters. The van der Waals surface area contributed by atoms with Crippen LogP contribution in [0.4, 0.5) is 0 Å². The summed E-state index contributed by atoms with van der Waals surface area (Å²) in [5, 5.41) is 5.48. The summed E-state index contributed by atoms with van der Waals surface area (Å²) in [4.78, 5) is 0. The molecule has 0 amide bonds. The molecule has 3 aromatic rings. The number of unbranched alkanes of at least 4 members (excludes halogenated alkanes) is 5. The molecule has 0 heterocycles. The van der Waals surface area contributed by atoms with Crippen molar-refractivity contribution in [1.29, 1.82) is 0 Å². The van der Waals surface area contributed by atoms with Gasteiger partial charge in [-0.15, -0.1) is 0 Å². The molecule has 113 valence electrons. The molecular weight excluding hydrogens is 264 g/mol. The first-order valence-corrected chi connectivity index (χ1v) is 8.58. The summed E-state index contributed by atoms with van der Waals surface area (Å²) < 4.78 is 0. The fourth-order valence-corrected chi connectivity index (χ4v) is 3.27. The maximum Gasteiger partial charge on any atom is -0.0146 e. The van der Waals surface area contributed by atoms with Gasteiger partial charge in [-0.2, -0.15) is 0 Å². The van der Waals surface area contributed by atoms with Crippen LogP contribution in [-0.4, -0.2) is 0 Å². The van der Waals surface area contributed by atoms with Crippen molar-refractivity contribution in [3.8, 4) is 0 Å². The topological polar surface area (TPSA) is 0 Å². The molecular formula is C22H25. The first-order chi connectivity index (χ1) is 10.9. The van der Waals surface area contributed by atoms with Gasteiger partial charge in [-0.1, -0.05) is 81.5 Å². The third-order valence-electron chi connectivity index (χ3n) is 4.53. The van der Waals surface area contributed by atoms with Gasteiger partial charge in [0.15, 0.2) is 0 Å². The predicted molar refractivity (Wildman–Crippen MR) is 98.2 cm³/mol. The van der Waals surface area contributed by atoms with E-state index in [0.29, 0.717) is 0 Å². The largest absolute Gasteiger partial charge is 0.0616 e. The SMILES string of the molecule is [CH2]CCCCCCCc1cccc2cc3ccccc3cc12. The highest BCUT2D eigenvalue weighted by Crippen LogP contribution is 2.26. The number of aryl methyl sites for hydroxylation is 1. The van der Waals surface area contributed by atoms with Crippen molar-refractivity contribution < 1.29 is 0 Å². The summed E-state index contributed by atoms with van der Waals surface area (Å²) in [6.45, 7) is 3.91. The van der Waals surface area contributed by atoms with E-state index >= 15 is 0 Å². The number of fused-ring (bicyclic) bond motifs is 2. The summed E-state index contributed by atoms with van der Waals surface area (Å²) in [5.74, 6) is 0. The number of hydrogen-bond acceptors (Lipinski definition) is 0. The van der Waals surface area contributed by atoms with Crippen LogP contribution in [0, 0.1) is 6.92 Å². The molecule has 0 saturated carbocycles. The van der Waals surface area contributed by atoms with Gasteiger partial charge in [-0.05, 0) is 52.1 Å². The first kappa shape index (κ1) is 15.1. The molecule has 0 spiro atoms. The van der Waals surface area contributed by atoms with Crippen LogP contribution < -0.4 is 0 Å². The molecule has 3 rings (SSSR count). The van der Waals surface area contributed by atoms with Crippen molar-refractivity contribution >= 4 is 21.5 Å². The molecule has 0 aliphatic carbocycles. The Morgan fingerprint density at radius 2 is 1.32 bits per heavy atom.